The van der Waals surface area contributed by atoms with Gasteiger partial charge in [-0.3, -0.25) is 24.1 Å². The Morgan fingerprint density at radius 2 is 1.67 bits per heavy atom. The number of esters is 1. The largest absolute Gasteiger partial charge is 0.465 e. The van der Waals surface area contributed by atoms with Crippen LogP contribution in [0.25, 0.3) is 0 Å². The van der Waals surface area contributed by atoms with E-state index in [1.165, 1.54) is 12.1 Å². The number of nitrogens with zero attached hydrogens (tertiary/aromatic N) is 1. The molecule has 0 saturated carbocycles. The summed E-state index contributed by atoms with van der Waals surface area (Å²) in [6.45, 7) is 0.487. The minimum Gasteiger partial charge on any atom is -0.465 e. The van der Waals surface area contributed by atoms with Crippen LogP contribution in [0.2, 0.25) is 0 Å². The summed E-state index contributed by atoms with van der Waals surface area (Å²) >= 11 is 0. The van der Waals surface area contributed by atoms with E-state index in [1.54, 1.807) is 19.1 Å². The molecule has 2 rings (SSSR count). The molecule has 1 aliphatic rings. The molecule has 0 atom stereocenters. The lowest BCUT2D eigenvalue weighted by atomic mass is 10.1. The molecular weight excluding hydrogens is 378 g/mol. The molecule has 0 aromatic heterocycles. The van der Waals surface area contributed by atoms with Gasteiger partial charge in [-0.15, -0.1) is 0 Å². The molecule has 0 aliphatic carbocycles. The average molecular weight is 397 g/mol. The van der Waals surface area contributed by atoms with Crippen molar-refractivity contribution in [2.24, 2.45) is 0 Å². The Morgan fingerprint density at radius 3 is 2.22 bits per heavy atom. The summed E-state index contributed by atoms with van der Waals surface area (Å²) in [5.74, 6) is -3.02. The summed E-state index contributed by atoms with van der Waals surface area (Å²) in [5.41, 5.74) is 0.456. The molecule has 0 saturated heterocycles. The first-order valence-electron chi connectivity index (χ1n) is 8.10. The third-order valence-corrected chi connectivity index (χ3v) is 4.95. The summed E-state index contributed by atoms with van der Waals surface area (Å²) in [4.78, 5) is 47.9. The van der Waals surface area contributed by atoms with Gasteiger partial charge in [0.1, 0.15) is 6.54 Å². The second-order valence-corrected chi connectivity index (χ2v) is 7.46. The van der Waals surface area contributed by atoms with Crippen molar-refractivity contribution in [3.8, 4) is 0 Å². The maximum Gasteiger partial charge on any atom is 0.325 e. The fraction of sp³-hybridized carbons (Fsp3) is 0.375. The van der Waals surface area contributed by atoms with Gasteiger partial charge in [-0.25, -0.2) is 13.1 Å². The van der Waals surface area contributed by atoms with Gasteiger partial charge in [0.05, 0.1) is 30.0 Å². The Balaban J connectivity index is 1.82. The van der Waals surface area contributed by atoms with E-state index in [9.17, 15) is 27.6 Å². The first kappa shape index (κ1) is 20.5. The zero-order chi connectivity index (χ0) is 20.0. The summed E-state index contributed by atoms with van der Waals surface area (Å²) in [5, 5.41) is 2.20. The average Bonchev–Trinajstić information content (AvgIpc) is 2.88. The maximum atomic E-state index is 12.2. The lowest BCUT2D eigenvalue weighted by molar-refractivity contribution is -0.143. The van der Waals surface area contributed by atoms with Gasteiger partial charge in [0.25, 0.3) is 11.8 Å². The number of carbonyl (C=O) groups is 4. The van der Waals surface area contributed by atoms with Crippen molar-refractivity contribution >= 4 is 33.7 Å². The number of fused-ring (bicyclic) bond motifs is 1. The van der Waals surface area contributed by atoms with E-state index in [1.807, 2.05) is 4.72 Å². The molecule has 27 heavy (non-hydrogen) atoms. The predicted molar refractivity (Wildman–Crippen MR) is 93.2 cm³/mol. The van der Waals surface area contributed by atoms with Crippen LogP contribution in [-0.2, 0) is 24.3 Å². The fourth-order valence-corrected chi connectivity index (χ4v) is 3.26. The standard InChI is InChI=1S/C16H19N3O7S/c1-2-26-14(21)10-17-13(20)9-18-27(24,25)8-7-19-15(22)11-5-3-4-6-12(11)16(19)23/h3-6,18H,2,7-10H2,1H3,(H,17,20). The van der Waals surface area contributed by atoms with Gasteiger partial charge in [0.15, 0.2) is 0 Å². The van der Waals surface area contributed by atoms with Crippen molar-refractivity contribution in [3.63, 3.8) is 0 Å². The van der Waals surface area contributed by atoms with Crippen LogP contribution in [0.1, 0.15) is 27.6 Å². The number of nitrogens with one attached hydrogen (secondary N) is 2. The minimum atomic E-state index is -3.92. The van der Waals surface area contributed by atoms with Gasteiger partial charge in [-0.05, 0) is 19.1 Å². The Labute approximate surface area is 155 Å². The van der Waals surface area contributed by atoms with Gasteiger partial charge in [0.2, 0.25) is 15.9 Å². The zero-order valence-electron chi connectivity index (χ0n) is 14.6. The number of rotatable bonds is 9. The summed E-state index contributed by atoms with van der Waals surface area (Å²) in [6, 6.07) is 6.22. The first-order valence-corrected chi connectivity index (χ1v) is 9.75. The van der Waals surface area contributed by atoms with Crippen LogP contribution in [0.3, 0.4) is 0 Å². The van der Waals surface area contributed by atoms with Crippen molar-refractivity contribution in [1.29, 1.82) is 0 Å². The molecule has 0 spiro atoms. The normalized spacial score (nSPS) is 13.4. The molecule has 2 N–H and O–H groups in total. The van der Waals surface area contributed by atoms with Crippen molar-refractivity contribution < 1.29 is 32.3 Å². The SMILES string of the molecule is CCOC(=O)CNC(=O)CNS(=O)(=O)CCN1C(=O)c2ccccc2C1=O. The number of hydrogen-bond acceptors (Lipinski definition) is 7. The smallest absolute Gasteiger partial charge is 0.325 e. The van der Waals surface area contributed by atoms with Crippen molar-refractivity contribution in [2.45, 2.75) is 6.92 Å². The van der Waals surface area contributed by atoms with Crippen LogP contribution < -0.4 is 10.0 Å². The number of hydrogen-bond donors (Lipinski definition) is 2. The van der Waals surface area contributed by atoms with Crippen molar-refractivity contribution in [3.05, 3.63) is 35.4 Å². The molecular formula is C16H19N3O7S. The Hall–Kier alpha value is -2.79. The fourth-order valence-electron chi connectivity index (χ4n) is 2.35. The number of carbonyl (C=O) groups excluding carboxylic acids is 4. The third-order valence-electron chi connectivity index (χ3n) is 3.65. The number of imide groups is 1. The van der Waals surface area contributed by atoms with Gasteiger partial charge in [-0.2, -0.15) is 0 Å². The molecule has 0 unspecified atom stereocenters. The molecule has 146 valence electrons. The maximum absolute atomic E-state index is 12.2. The lowest BCUT2D eigenvalue weighted by Crippen LogP contribution is -2.42. The van der Waals surface area contributed by atoms with Crippen LogP contribution in [0.5, 0.6) is 0 Å². The molecule has 11 heteroatoms. The molecule has 1 aromatic rings. The van der Waals surface area contributed by atoms with E-state index >= 15 is 0 Å². The molecule has 1 aromatic carbocycles. The number of sulfonamides is 1. The van der Waals surface area contributed by atoms with Crippen LogP contribution in [0.15, 0.2) is 24.3 Å². The highest BCUT2D eigenvalue weighted by Gasteiger charge is 2.35. The highest BCUT2D eigenvalue weighted by atomic mass is 32.2. The van der Waals surface area contributed by atoms with Crippen LogP contribution in [0, 0.1) is 0 Å². The van der Waals surface area contributed by atoms with Crippen LogP contribution in [-0.4, -0.2) is 69.0 Å². The molecule has 3 amide bonds. The van der Waals surface area contributed by atoms with E-state index in [0.29, 0.717) is 0 Å². The van der Waals surface area contributed by atoms with Crippen molar-refractivity contribution in [1.82, 2.24) is 14.9 Å². The Kier molecular flexibility index (Phi) is 6.64. The highest BCUT2D eigenvalue weighted by Crippen LogP contribution is 2.21. The van der Waals surface area contributed by atoms with E-state index in [4.69, 9.17) is 0 Å². The Morgan fingerprint density at radius 1 is 1.07 bits per heavy atom. The third kappa shape index (κ3) is 5.34. The van der Waals surface area contributed by atoms with Crippen LogP contribution in [0.4, 0.5) is 0 Å². The molecule has 1 heterocycles. The number of benzene rings is 1. The second-order valence-electron chi connectivity index (χ2n) is 5.53. The summed E-state index contributed by atoms with van der Waals surface area (Å²) in [6.07, 6.45) is 0. The quantitative estimate of drug-likeness (QED) is 0.397. The molecule has 0 fully saturated rings. The monoisotopic (exact) mass is 397 g/mol. The molecule has 0 bridgehead atoms. The van der Waals surface area contributed by atoms with E-state index in [0.717, 1.165) is 4.90 Å². The van der Waals surface area contributed by atoms with E-state index < -0.39 is 46.0 Å². The van der Waals surface area contributed by atoms with Gasteiger partial charge < -0.3 is 10.1 Å². The Bertz CT molecular complexity index is 832. The topological polar surface area (TPSA) is 139 Å². The first-order chi connectivity index (χ1) is 12.7. The zero-order valence-corrected chi connectivity index (χ0v) is 15.4. The van der Waals surface area contributed by atoms with Crippen LogP contribution >= 0.6 is 0 Å². The molecule has 10 nitrogen and oxygen atoms in total. The van der Waals surface area contributed by atoms with E-state index in [-0.39, 0.29) is 30.8 Å². The van der Waals surface area contributed by atoms with Gasteiger partial charge in [0, 0.05) is 6.54 Å². The summed E-state index contributed by atoms with van der Waals surface area (Å²) in [7, 11) is -3.92. The van der Waals surface area contributed by atoms with Gasteiger partial charge >= 0.3 is 5.97 Å². The van der Waals surface area contributed by atoms with Gasteiger partial charge in [-0.1, -0.05) is 12.1 Å². The number of ether oxygens (including phenoxy) is 1. The van der Waals surface area contributed by atoms with Crippen molar-refractivity contribution in [2.75, 3.05) is 32.0 Å². The predicted octanol–water partition coefficient (Wildman–Crippen LogP) is -1.12. The summed E-state index contributed by atoms with van der Waals surface area (Å²) < 4.78 is 30.6. The molecule has 1 aliphatic heterocycles. The second kappa shape index (κ2) is 8.73. The van der Waals surface area contributed by atoms with E-state index in [2.05, 4.69) is 10.1 Å². The highest BCUT2D eigenvalue weighted by molar-refractivity contribution is 7.89. The lowest BCUT2D eigenvalue weighted by Gasteiger charge is -2.14. The number of amides is 3. The molecule has 0 radical (unpaired) electrons. The minimum absolute atomic E-state index is 0.166.